The van der Waals surface area contributed by atoms with Gasteiger partial charge in [-0.25, -0.2) is 9.78 Å². The SMILES string of the molecule is Cc1ccc(-c2csc(S[C@@H](C)C(=O)N3CCNC3=O)n2)cc1. The van der Waals surface area contributed by atoms with Gasteiger partial charge in [-0.1, -0.05) is 41.6 Å². The molecule has 0 bridgehead atoms. The Hall–Kier alpha value is -1.86. The van der Waals surface area contributed by atoms with Crippen molar-refractivity contribution in [2.45, 2.75) is 23.4 Å². The van der Waals surface area contributed by atoms with Crippen LogP contribution in [0.25, 0.3) is 11.3 Å². The normalized spacial score (nSPS) is 15.6. The molecule has 1 aliphatic heterocycles. The Morgan fingerprint density at radius 2 is 2.13 bits per heavy atom. The number of rotatable bonds is 4. The van der Waals surface area contributed by atoms with Crippen molar-refractivity contribution in [3.63, 3.8) is 0 Å². The van der Waals surface area contributed by atoms with E-state index in [9.17, 15) is 9.59 Å². The topological polar surface area (TPSA) is 62.3 Å². The summed E-state index contributed by atoms with van der Waals surface area (Å²) in [5.74, 6) is -0.169. The second-order valence-electron chi connectivity index (χ2n) is 5.35. The molecular formula is C16H17N3O2S2. The summed E-state index contributed by atoms with van der Waals surface area (Å²) in [5, 5.41) is 4.30. The lowest BCUT2D eigenvalue weighted by molar-refractivity contribution is -0.126. The number of nitrogens with zero attached hydrogens (tertiary/aromatic N) is 2. The first-order chi connectivity index (χ1) is 11.0. The summed E-state index contributed by atoms with van der Waals surface area (Å²) in [5.41, 5.74) is 3.19. The third kappa shape index (κ3) is 3.56. The van der Waals surface area contributed by atoms with E-state index in [0.717, 1.165) is 15.6 Å². The molecule has 120 valence electrons. The molecule has 1 aromatic carbocycles. The predicted molar refractivity (Wildman–Crippen MR) is 92.7 cm³/mol. The van der Waals surface area contributed by atoms with Crippen LogP contribution in [0.15, 0.2) is 34.0 Å². The standard InChI is InChI=1S/C16H17N3O2S2/c1-10-3-5-12(6-4-10)13-9-22-16(18-13)23-11(2)14(20)19-8-7-17-15(19)21/h3-6,9,11H,7-8H2,1-2H3,(H,17,21)/t11-/m0/s1. The van der Waals surface area contributed by atoms with Gasteiger partial charge in [0.05, 0.1) is 10.9 Å². The van der Waals surface area contributed by atoms with Crippen molar-refractivity contribution in [2.24, 2.45) is 0 Å². The van der Waals surface area contributed by atoms with Crippen molar-refractivity contribution < 1.29 is 9.59 Å². The third-order valence-electron chi connectivity index (χ3n) is 3.58. The Balaban J connectivity index is 1.67. The monoisotopic (exact) mass is 347 g/mol. The number of hydrogen-bond acceptors (Lipinski definition) is 5. The summed E-state index contributed by atoms with van der Waals surface area (Å²) >= 11 is 2.91. The van der Waals surface area contributed by atoms with E-state index < -0.39 is 0 Å². The quantitative estimate of drug-likeness (QED) is 0.863. The number of carbonyl (C=O) groups excluding carboxylic acids is 2. The minimum absolute atomic E-state index is 0.169. The van der Waals surface area contributed by atoms with Crippen LogP contribution in [0.2, 0.25) is 0 Å². The number of aromatic nitrogens is 1. The number of thioether (sulfide) groups is 1. The van der Waals surface area contributed by atoms with Gasteiger partial charge in [0.2, 0.25) is 5.91 Å². The molecule has 5 nitrogen and oxygen atoms in total. The second kappa shape index (κ2) is 6.72. The first-order valence-corrected chi connectivity index (χ1v) is 9.09. The van der Waals surface area contributed by atoms with Crippen molar-refractivity contribution in [1.82, 2.24) is 15.2 Å². The Kier molecular flexibility index (Phi) is 4.68. The van der Waals surface area contributed by atoms with Gasteiger partial charge in [-0.2, -0.15) is 0 Å². The van der Waals surface area contributed by atoms with Crippen LogP contribution in [0.4, 0.5) is 4.79 Å². The van der Waals surface area contributed by atoms with Gasteiger partial charge >= 0.3 is 6.03 Å². The molecule has 1 fully saturated rings. The van der Waals surface area contributed by atoms with Gasteiger partial charge < -0.3 is 5.32 Å². The Labute approximate surface area is 143 Å². The summed E-state index contributed by atoms with van der Waals surface area (Å²) in [6.07, 6.45) is 0. The Morgan fingerprint density at radius 3 is 2.78 bits per heavy atom. The minimum atomic E-state index is -0.337. The van der Waals surface area contributed by atoms with Gasteiger partial charge in [-0.05, 0) is 13.8 Å². The molecule has 0 aliphatic carbocycles. The average Bonchev–Trinajstić information content (AvgIpc) is 3.16. The van der Waals surface area contributed by atoms with Crippen LogP contribution in [0, 0.1) is 6.92 Å². The molecule has 1 aromatic heterocycles. The summed E-state index contributed by atoms with van der Waals surface area (Å²) in [4.78, 5) is 29.7. The maximum absolute atomic E-state index is 12.3. The van der Waals surface area contributed by atoms with Gasteiger partial charge in [0.1, 0.15) is 0 Å². The predicted octanol–water partition coefficient (Wildman–Crippen LogP) is 3.15. The molecule has 7 heteroatoms. The van der Waals surface area contributed by atoms with Crippen LogP contribution >= 0.6 is 23.1 Å². The highest BCUT2D eigenvalue weighted by atomic mass is 32.2. The molecular weight excluding hydrogens is 330 g/mol. The molecule has 1 atom stereocenters. The highest BCUT2D eigenvalue weighted by Gasteiger charge is 2.30. The maximum Gasteiger partial charge on any atom is 0.324 e. The molecule has 2 heterocycles. The van der Waals surface area contributed by atoms with E-state index in [2.05, 4.69) is 22.4 Å². The van der Waals surface area contributed by atoms with Gasteiger partial charge in [0.25, 0.3) is 0 Å². The van der Waals surface area contributed by atoms with E-state index in [1.165, 1.54) is 33.6 Å². The van der Waals surface area contributed by atoms with Gasteiger partial charge in [-0.3, -0.25) is 9.69 Å². The molecule has 3 amide bonds. The molecule has 0 unspecified atom stereocenters. The Bertz CT molecular complexity index is 727. The van der Waals surface area contributed by atoms with Crippen molar-refractivity contribution in [3.8, 4) is 11.3 Å². The molecule has 1 saturated heterocycles. The van der Waals surface area contributed by atoms with E-state index in [-0.39, 0.29) is 17.2 Å². The van der Waals surface area contributed by atoms with Crippen molar-refractivity contribution in [1.29, 1.82) is 0 Å². The molecule has 3 rings (SSSR count). The molecule has 1 N–H and O–H groups in total. The molecule has 2 aromatic rings. The number of carbonyl (C=O) groups is 2. The molecule has 1 aliphatic rings. The van der Waals surface area contributed by atoms with Gasteiger partial charge in [-0.15, -0.1) is 11.3 Å². The van der Waals surface area contributed by atoms with Crippen LogP contribution in [-0.2, 0) is 4.79 Å². The Morgan fingerprint density at radius 1 is 1.39 bits per heavy atom. The molecule has 0 saturated carbocycles. The highest BCUT2D eigenvalue weighted by Crippen LogP contribution is 2.31. The van der Waals surface area contributed by atoms with Crippen LogP contribution in [0.1, 0.15) is 12.5 Å². The zero-order valence-corrected chi connectivity index (χ0v) is 14.5. The summed E-state index contributed by atoms with van der Waals surface area (Å²) in [6, 6.07) is 7.89. The minimum Gasteiger partial charge on any atom is -0.336 e. The molecule has 23 heavy (non-hydrogen) atoms. The van der Waals surface area contributed by atoms with E-state index in [0.29, 0.717) is 13.1 Å². The van der Waals surface area contributed by atoms with Crippen molar-refractivity contribution in [2.75, 3.05) is 13.1 Å². The van der Waals surface area contributed by atoms with E-state index in [1.807, 2.05) is 31.4 Å². The van der Waals surface area contributed by atoms with Crippen LogP contribution < -0.4 is 5.32 Å². The maximum atomic E-state index is 12.3. The van der Waals surface area contributed by atoms with Crippen LogP contribution in [-0.4, -0.2) is 40.2 Å². The third-order valence-corrected chi connectivity index (χ3v) is 5.64. The van der Waals surface area contributed by atoms with Crippen LogP contribution in [0.5, 0.6) is 0 Å². The summed E-state index contributed by atoms with van der Waals surface area (Å²) < 4.78 is 0.834. The number of thiazole rings is 1. The van der Waals surface area contributed by atoms with E-state index in [4.69, 9.17) is 0 Å². The van der Waals surface area contributed by atoms with Crippen molar-refractivity contribution >= 4 is 35.0 Å². The fourth-order valence-electron chi connectivity index (χ4n) is 2.27. The first-order valence-electron chi connectivity index (χ1n) is 7.33. The zero-order chi connectivity index (χ0) is 16.4. The van der Waals surface area contributed by atoms with Gasteiger partial charge in [0, 0.05) is 24.0 Å². The summed E-state index contributed by atoms with van der Waals surface area (Å²) in [6.45, 7) is 4.82. The number of benzene rings is 1. The lowest BCUT2D eigenvalue weighted by Crippen LogP contribution is -2.38. The lowest BCUT2D eigenvalue weighted by atomic mass is 10.1. The number of imide groups is 1. The van der Waals surface area contributed by atoms with Crippen LogP contribution in [0.3, 0.4) is 0 Å². The number of aryl methyl sites for hydroxylation is 1. The fraction of sp³-hybridized carbons (Fsp3) is 0.312. The fourth-order valence-corrected chi connectivity index (χ4v) is 4.30. The lowest BCUT2D eigenvalue weighted by Gasteiger charge is -2.16. The number of amides is 3. The smallest absolute Gasteiger partial charge is 0.324 e. The first kappa shape index (κ1) is 16.0. The largest absolute Gasteiger partial charge is 0.336 e. The van der Waals surface area contributed by atoms with E-state index >= 15 is 0 Å². The molecule has 0 spiro atoms. The number of hydrogen-bond donors (Lipinski definition) is 1. The molecule has 0 radical (unpaired) electrons. The number of nitrogens with one attached hydrogen (secondary N) is 1. The second-order valence-corrected chi connectivity index (χ2v) is 7.79. The summed E-state index contributed by atoms with van der Waals surface area (Å²) in [7, 11) is 0. The average molecular weight is 347 g/mol. The van der Waals surface area contributed by atoms with E-state index in [1.54, 1.807) is 0 Å². The highest BCUT2D eigenvalue weighted by molar-refractivity contribution is 8.02. The van der Waals surface area contributed by atoms with Gasteiger partial charge in [0.15, 0.2) is 4.34 Å². The van der Waals surface area contributed by atoms with Crippen molar-refractivity contribution in [3.05, 3.63) is 35.2 Å². The zero-order valence-electron chi connectivity index (χ0n) is 12.9. The number of urea groups is 1.